The lowest BCUT2D eigenvalue weighted by atomic mass is 9.99. The summed E-state index contributed by atoms with van der Waals surface area (Å²) in [7, 11) is 0. The Hall–Kier alpha value is -2.31. The van der Waals surface area contributed by atoms with Crippen LogP contribution in [0, 0.1) is 5.92 Å². The Kier molecular flexibility index (Phi) is 4.72. The van der Waals surface area contributed by atoms with Gasteiger partial charge in [-0.25, -0.2) is 0 Å². The summed E-state index contributed by atoms with van der Waals surface area (Å²) in [5.74, 6) is 0.00597. The number of carbonyl (C=O) groups is 1. The molecule has 2 bridgehead atoms. The van der Waals surface area contributed by atoms with Crippen LogP contribution in [0.25, 0.3) is 0 Å². The van der Waals surface area contributed by atoms with E-state index in [0.29, 0.717) is 6.54 Å². The fourth-order valence-corrected chi connectivity index (χ4v) is 3.69. The Labute approximate surface area is 147 Å². The van der Waals surface area contributed by atoms with Crippen LogP contribution in [0.4, 0.5) is 0 Å². The van der Waals surface area contributed by atoms with Crippen LogP contribution in [0.5, 0.6) is 0 Å². The summed E-state index contributed by atoms with van der Waals surface area (Å²) >= 11 is 0. The minimum atomic E-state index is -0.0737. The average molecular weight is 338 g/mol. The van der Waals surface area contributed by atoms with E-state index in [-0.39, 0.29) is 24.0 Å². The molecule has 1 N–H and O–H groups in total. The summed E-state index contributed by atoms with van der Waals surface area (Å²) in [5.41, 5.74) is 2.07. The van der Waals surface area contributed by atoms with Crippen LogP contribution in [0.1, 0.15) is 17.7 Å². The van der Waals surface area contributed by atoms with Crippen molar-refractivity contribution in [1.29, 1.82) is 0 Å². The minimum Gasteiger partial charge on any atom is -0.371 e. The maximum Gasteiger partial charge on any atom is 0.226 e. The monoisotopic (exact) mass is 338 g/mol. The highest BCUT2D eigenvalue weighted by Crippen LogP contribution is 2.32. The molecule has 0 aromatic carbocycles. The molecule has 2 aromatic rings. The molecule has 130 valence electrons. The predicted molar refractivity (Wildman–Crippen MR) is 92.4 cm³/mol. The van der Waals surface area contributed by atoms with Crippen LogP contribution in [-0.4, -0.2) is 46.1 Å². The van der Waals surface area contributed by atoms with E-state index in [2.05, 4.69) is 20.2 Å². The number of fused-ring (bicyclic) bond motifs is 2. The lowest BCUT2D eigenvalue weighted by Crippen LogP contribution is -2.45. The summed E-state index contributed by atoms with van der Waals surface area (Å²) in [6.07, 6.45) is 6.22. The van der Waals surface area contributed by atoms with Crippen molar-refractivity contribution in [3.05, 3.63) is 60.2 Å². The lowest BCUT2D eigenvalue weighted by Gasteiger charge is -2.32. The Morgan fingerprint density at radius 3 is 3.00 bits per heavy atom. The molecule has 2 aliphatic heterocycles. The molecule has 25 heavy (non-hydrogen) atoms. The standard InChI is InChI=1S/C19H22N4O2/c24-19(22-10-14-4-3-6-20-9-14)17-8-16-12-23(13-18(17)25-16)11-15-5-1-2-7-21-15/h1-7,9,16-18H,8,10-13H2,(H,22,24). The second kappa shape index (κ2) is 7.29. The number of morpholine rings is 1. The number of nitrogens with one attached hydrogen (secondary N) is 1. The molecule has 2 aromatic heterocycles. The number of hydrogen-bond donors (Lipinski definition) is 1. The van der Waals surface area contributed by atoms with Crippen molar-refractivity contribution >= 4 is 5.91 Å². The molecule has 3 unspecified atom stereocenters. The molecular formula is C19H22N4O2. The van der Waals surface area contributed by atoms with Crippen LogP contribution >= 0.6 is 0 Å². The SMILES string of the molecule is O=C(NCc1cccnc1)C1CC2CN(Cc3ccccn3)CC1O2. The topological polar surface area (TPSA) is 67.4 Å². The van der Waals surface area contributed by atoms with Crippen molar-refractivity contribution in [2.75, 3.05) is 13.1 Å². The first kappa shape index (κ1) is 16.2. The molecule has 0 aliphatic carbocycles. The van der Waals surface area contributed by atoms with Crippen molar-refractivity contribution < 1.29 is 9.53 Å². The van der Waals surface area contributed by atoms with Crippen molar-refractivity contribution in [2.45, 2.75) is 31.7 Å². The molecular weight excluding hydrogens is 316 g/mol. The largest absolute Gasteiger partial charge is 0.371 e. The van der Waals surface area contributed by atoms with E-state index in [1.54, 1.807) is 12.4 Å². The summed E-state index contributed by atoms with van der Waals surface area (Å²) in [5, 5.41) is 3.03. The molecule has 2 aliphatic rings. The first-order valence-electron chi connectivity index (χ1n) is 8.72. The maximum atomic E-state index is 12.6. The van der Waals surface area contributed by atoms with Gasteiger partial charge in [-0.1, -0.05) is 12.1 Å². The van der Waals surface area contributed by atoms with Crippen LogP contribution < -0.4 is 5.32 Å². The van der Waals surface area contributed by atoms with E-state index in [1.807, 2.05) is 36.5 Å². The molecule has 1 amide bonds. The Bertz CT molecular complexity index is 710. The van der Waals surface area contributed by atoms with Gasteiger partial charge < -0.3 is 10.1 Å². The van der Waals surface area contributed by atoms with Crippen LogP contribution in [0.2, 0.25) is 0 Å². The fraction of sp³-hybridized carbons (Fsp3) is 0.421. The zero-order valence-corrected chi connectivity index (χ0v) is 14.0. The van der Waals surface area contributed by atoms with Gasteiger partial charge in [0.05, 0.1) is 23.8 Å². The summed E-state index contributed by atoms with van der Waals surface area (Å²) in [6.45, 7) is 2.96. The van der Waals surface area contributed by atoms with Gasteiger partial charge in [-0.15, -0.1) is 0 Å². The van der Waals surface area contributed by atoms with Gasteiger partial charge in [0.1, 0.15) is 0 Å². The highest BCUT2D eigenvalue weighted by molar-refractivity contribution is 5.79. The normalized spacial score (nSPS) is 25.7. The molecule has 0 saturated carbocycles. The fourth-order valence-electron chi connectivity index (χ4n) is 3.69. The van der Waals surface area contributed by atoms with Gasteiger partial charge in [0, 0.05) is 44.8 Å². The number of ether oxygens (including phenoxy) is 1. The van der Waals surface area contributed by atoms with Crippen molar-refractivity contribution in [3.8, 4) is 0 Å². The Morgan fingerprint density at radius 1 is 1.24 bits per heavy atom. The lowest BCUT2D eigenvalue weighted by molar-refractivity contribution is -0.128. The molecule has 6 nitrogen and oxygen atoms in total. The summed E-state index contributed by atoms with van der Waals surface area (Å²) < 4.78 is 6.02. The van der Waals surface area contributed by atoms with Crippen molar-refractivity contribution in [2.24, 2.45) is 5.92 Å². The molecule has 6 heteroatoms. The van der Waals surface area contributed by atoms with E-state index >= 15 is 0 Å². The molecule has 4 heterocycles. The zero-order chi connectivity index (χ0) is 17.1. The van der Waals surface area contributed by atoms with Crippen LogP contribution in [0.15, 0.2) is 48.9 Å². The van der Waals surface area contributed by atoms with Crippen LogP contribution in [0.3, 0.4) is 0 Å². The highest BCUT2D eigenvalue weighted by atomic mass is 16.5. The molecule has 0 radical (unpaired) electrons. The van der Waals surface area contributed by atoms with Crippen molar-refractivity contribution in [1.82, 2.24) is 20.2 Å². The quantitative estimate of drug-likeness (QED) is 0.892. The van der Waals surface area contributed by atoms with Gasteiger partial charge in [-0.05, 0) is 30.2 Å². The summed E-state index contributed by atoms with van der Waals surface area (Å²) in [6, 6.07) is 9.81. The third-order valence-corrected chi connectivity index (χ3v) is 4.87. The maximum absolute atomic E-state index is 12.6. The van der Waals surface area contributed by atoms with Gasteiger partial charge >= 0.3 is 0 Å². The Balaban J connectivity index is 1.33. The van der Waals surface area contributed by atoms with Gasteiger partial charge in [-0.3, -0.25) is 19.7 Å². The molecule has 2 saturated heterocycles. The van der Waals surface area contributed by atoms with Gasteiger partial charge in [0.2, 0.25) is 5.91 Å². The van der Waals surface area contributed by atoms with E-state index in [0.717, 1.165) is 37.3 Å². The number of pyridine rings is 2. The molecule has 2 fully saturated rings. The van der Waals surface area contributed by atoms with E-state index in [4.69, 9.17) is 4.74 Å². The second-order valence-electron chi connectivity index (χ2n) is 6.73. The Morgan fingerprint density at radius 2 is 2.20 bits per heavy atom. The second-order valence-corrected chi connectivity index (χ2v) is 6.73. The van der Waals surface area contributed by atoms with Gasteiger partial charge in [0.25, 0.3) is 0 Å². The van der Waals surface area contributed by atoms with E-state index < -0.39 is 0 Å². The first-order chi connectivity index (χ1) is 12.3. The van der Waals surface area contributed by atoms with Gasteiger partial charge in [-0.2, -0.15) is 0 Å². The number of nitrogens with zero attached hydrogens (tertiary/aromatic N) is 3. The number of carbonyl (C=O) groups excluding carboxylic acids is 1. The third kappa shape index (κ3) is 3.86. The highest BCUT2D eigenvalue weighted by Gasteiger charge is 2.44. The predicted octanol–water partition coefficient (Wildman–Crippen LogP) is 1.38. The average Bonchev–Trinajstić information content (AvgIpc) is 2.96. The number of rotatable bonds is 5. The number of aromatic nitrogens is 2. The molecule has 4 rings (SSSR count). The number of hydrogen-bond acceptors (Lipinski definition) is 5. The summed E-state index contributed by atoms with van der Waals surface area (Å²) in [4.78, 5) is 23.4. The van der Waals surface area contributed by atoms with E-state index in [9.17, 15) is 4.79 Å². The van der Waals surface area contributed by atoms with E-state index in [1.165, 1.54) is 0 Å². The van der Waals surface area contributed by atoms with Gasteiger partial charge in [0.15, 0.2) is 0 Å². The number of amides is 1. The number of likely N-dealkylation sites (tertiary alicyclic amines) is 1. The third-order valence-electron chi connectivity index (χ3n) is 4.87. The van der Waals surface area contributed by atoms with Crippen LogP contribution in [-0.2, 0) is 22.6 Å². The molecule has 3 atom stereocenters. The first-order valence-corrected chi connectivity index (χ1v) is 8.72. The molecule has 0 spiro atoms. The minimum absolute atomic E-state index is 0.0311. The van der Waals surface area contributed by atoms with Crippen molar-refractivity contribution in [3.63, 3.8) is 0 Å². The zero-order valence-electron chi connectivity index (χ0n) is 14.0. The smallest absolute Gasteiger partial charge is 0.226 e.